The Morgan fingerprint density at radius 2 is 1.31 bits per heavy atom. The second-order valence-electron chi connectivity index (χ2n) is 8.15. The highest BCUT2D eigenvalue weighted by atomic mass is 32.2. The van der Waals surface area contributed by atoms with Crippen LogP contribution in [-0.4, -0.2) is 41.4 Å². The predicted octanol–water partition coefficient (Wildman–Crippen LogP) is 5.02. The van der Waals surface area contributed by atoms with Gasteiger partial charge in [-0.3, -0.25) is 4.79 Å². The Morgan fingerprint density at radius 1 is 0.743 bits per heavy atom. The lowest BCUT2D eigenvalue weighted by Crippen LogP contribution is -2.41. The average molecular weight is 493 g/mol. The first-order chi connectivity index (χ1) is 17.1. The molecule has 0 radical (unpaired) electrons. The molecule has 4 rings (SSSR count). The third-order valence-electron chi connectivity index (χ3n) is 5.48. The summed E-state index contributed by atoms with van der Waals surface area (Å²) in [5.41, 5.74) is 1.77. The van der Waals surface area contributed by atoms with Crippen LogP contribution >= 0.6 is 11.8 Å². The zero-order valence-corrected chi connectivity index (χ0v) is 20.3. The molecule has 0 aromatic heterocycles. The van der Waals surface area contributed by atoms with E-state index in [0.29, 0.717) is 25.4 Å². The molecule has 1 unspecified atom stereocenters. The fourth-order valence-corrected chi connectivity index (χ4v) is 5.27. The normalized spacial score (nSPS) is 21.4. The molecule has 3 aromatic rings. The van der Waals surface area contributed by atoms with E-state index in [1.54, 1.807) is 24.3 Å². The van der Waals surface area contributed by atoms with E-state index in [1.165, 1.54) is 18.7 Å². The van der Waals surface area contributed by atoms with Crippen molar-refractivity contribution in [1.29, 1.82) is 0 Å². The van der Waals surface area contributed by atoms with Crippen LogP contribution in [0.5, 0.6) is 0 Å². The van der Waals surface area contributed by atoms with Crippen molar-refractivity contribution in [1.82, 2.24) is 0 Å². The highest BCUT2D eigenvalue weighted by molar-refractivity contribution is 8.00. The van der Waals surface area contributed by atoms with Gasteiger partial charge in [0.15, 0.2) is 11.5 Å². The summed E-state index contributed by atoms with van der Waals surface area (Å²) in [4.78, 5) is 24.7. The third-order valence-corrected chi connectivity index (χ3v) is 6.87. The Balaban J connectivity index is 1.51. The Kier molecular flexibility index (Phi) is 8.95. The van der Waals surface area contributed by atoms with Gasteiger partial charge in [-0.05, 0) is 23.3 Å². The number of carbonyl (C=O) groups is 2. The van der Waals surface area contributed by atoms with Gasteiger partial charge in [0.05, 0.1) is 30.6 Å². The number of benzene rings is 3. The summed E-state index contributed by atoms with van der Waals surface area (Å²) in [6.45, 7) is 2.45. The quantitative estimate of drug-likeness (QED) is 0.368. The van der Waals surface area contributed by atoms with Gasteiger partial charge < -0.3 is 18.9 Å². The van der Waals surface area contributed by atoms with Crippen LogP contribution in [0.25, 0.3) is 0 Å². The molecule has 4 atom stereocenters. The molecule has 0 saturated carbocycles. The van der Waals surface area contributed by atoms with Crippen LogP contribution < -0.4 is 0 Å². The van der Waals surface area contributed by atoms with Gasteiger partial charge in [0, 0.05) is 6.92 Å². The lowest BCUT2D eigenvalue weighted by Gasteiger charge is -2.25. The molecule has 0 aliphatic carbocycles. The van der Waals surface area contributed by atoms with E-state index in [1.807, 2.05) is 66.7 Å². The topological polar surface area (TPSA) is 71.1 Å². The van der Waals surface area contributed by atoms with E-state index in [-0.39, 0.29) is 5.25 Å². The Hall–Kier alpha value is -3.13. The van der Waals surface area contributed by atoms with Crippen molar-refractivity contribution < 1.29 is 28.5 Å². The molecule has 3 aromatic carbocycles. The van der Waals surface area contributed by atoms with Gasteiger partial charge in [0.2, 0.25) is 0 Å². The van der Waals surface area contributed by atoms with Gasteiger partial charge in [0.1, 0.15) is 6.10 Å². The largest absolute Gasteiger partial charge is 0.451 e. The molecular weight excluding hydrogens is 464 g/mol. The van der Waals surface area contributed by atoms with E-state index < -0.39 is 29.6 Å². The Morgan fingerprint density at radius 3 is 1.91 bits per heavy atom. The summed E-state index contributed by atoms with van der Waals surface area (Å²) in [6.07, 6.45) is -1.32. The molecule has 0 N–H and O–H groups in total. The number of thioether (sulfide) groups is 1. The van der Waals surface area contributed by atoms with Crippen LogP contribution in [0.3, 0.4) is 0 Å². The summed E-state index contributed by atoms with van der Waals surface area (Å²) < 4.78 is 23.7. The molecule has 1 aliphatic heterocycles. The van der Waals surface area contributed by atoms with Crippen LogP contribution in [0.15, 0.2) is 91.0 Å². The fourth-order valence-electron chi connectivity index (χ4n) is 3.81. The van der Waals surface area contributed by atoms with E-state index in [4.69, 9.17) is 18.9 Å². The molecule has 0 spiro atoms. The number of rotatable bonds is 10. The third kappa shape index (κ3) is 7.18. The smallest absolute Gasteiger partial charge is 0.338 e. The minimum Gasteiger partial charge on any atom is -0.451 e. The second kappa shape index (κ2) is 12.5. The summed E-state index contributed by atoms with van der Waals surface area (Å²) in [7, 11) is 0. The zero-order valence-electron chi connectivity index (χ0n) is 19.4. The summed E-state index contributed by atoms with van der Waals surface area (Å²) >= 11 is 1.39. The fraction of sp³-hybridized carbons (Fsp3) is 0.286. The van der Waals surface area contributed by atoms with Crippen molar-refractivity contribution in [3.63, 3.8) is 0 Å². The van der Waals surface area contributed by atoms with Crippen molar-refractivity contribution >= 4 is 23.7 Å². The molecule has 0 amide bonds. The number of carbonyl (C=O) groups excluding carboxylic acids is 2. The summed E-state index contributed by atoms with van der Waals surface area (Å²) in [5, 5.41) is -0.208. The van der Waals surface area contributed by atoms with Crippen molar-refractivity contribution in [3.05, 3.63) is 108 Å². The van der Waals surface area contributed by atoms with Gasteiger partial charge >= 0.3 is 11.9 Å². The van der Waals surface area contributed by atoms with Gasteiger partial charge in [-0.25, -0.2) is 4.79 Å². The van der Waals surface area contributed by atoms with E-state index in [2.05, 4.69) is 0 Å². The molecule has 1 saturated heterocycles. The number of hydrogen-bond acceptors (Lipinski definition) is 7. The molecular formula is C28H28O6S. The number of ether oxygens (including phenoxy) is 4. The second-order valence-corrected chi connectivity index (χ2v) is 9.49. The Labute approximate surface area is 209 Å². The lowest BCUT2D eigenvalue weighted by atomic mass is 10.1. The van der Waals surface area contributed by atoms with Gasteiger partial charge in [0.25, 0.3) is 0 Å². The number of hydrogen-bond donors (Lipinski definition) is 0. The molecule has 35 heavy (non-hydrogen) atoms. The Bertz CT molecular complexity index is 1080. The standard InChI is InChI=1S/C28H28O6S/c1-20(29)33-28-26(34-27(30)23-15-9-4-10-16-23)25(32-18-22-13-7-3-8-14-22)24(35-28)19-31-17-21-11-5-2-6-12-21/h2-16,24-26,28H,17-19H2,1H3/t24-,25-,26+,28?/m0/s1. The van der Waals surface area contributed by atoms with Gasteiger partial charge in [-0.1, -0.05) is 78.9 Å². The molecule has 6 nitrogen and oxygen atoms in total. The van der Waals surface area contributed by atoms with E-state index >= 15 is 0 Å². The molecule has 182 valence electrons. The van der Waals surface area contributed by atoms with Crippen molar-refractivity contribution in [2.24, 2.45) is 0 Å². The minimum atomic E-state index is -0.786. The van der Waals surface area contributed by atoms with Crippen molar-refractivity contribution in [3.8, 4) is 0 Å². The maximum Gasteiger partial charge on any atom is 0.338 e. The highest BCUT2D eigenvalue weighted by Gasteiger charge is 2.49. The van der Waals surface area contributed by atoms with E-state index in [9.17, 15) is 9.59 Å². The van der Waals surface area contributed by atoms with Crippen LogP contribution in [0.4, 0.5) is 0 Å². The lowest BCUT2D eigenvalue weighted by molar-refractivity contribution is -0.150. The molecule has 1 fully saturated rings. The molecule has 0 bridgehead atoms. The first-order valence-electron chi connectivity index (χ1n) is 11.5. The molecule has 1 heterocycles. The zero-order chi connectivity index (χ0) is 24.5. The monoisotopic (exact) mass is 492 g/mol. The van der Waals surface area contributed by atoms with Gasteiger partial charge in [-0.15, -0.1) is 11.8 Å². The maximum absolute atomic E-state index is 12.9. The van der Waals surface area contributed by atoms with Crippen LogP contribution in [0.1, 0.15) is 28.4 Å². The number of esters is 2. The first-order valence-corrected chi connectivity index (χ1v) is 12.4. The molecule has 1 aliphatic rings. The van der Waals surface area contributed by atoms with E-state index in [0.717, 1.165) is 11.1 Å². The maximum atomic E-state index is 12.9. The van der Waals surface area contributed by atoms with Gasteiger partial charge in [-0.2, -0.15) is 0 Å². The predicted molar refractivity (Wildman–Crippen MR) is 134 cm³/mol. The SMILES string of the molecule is CC(=O)OC1S[C@@H](COCc2ccccc2)[C@H](OCc2ccccc2)[C@H]1OC(=O)c1ccccc1. The highest BCUT2D eigenvalue weighted by Crippen LogP contribution is 2.40. The summed E-state index contributed by atoms with van der Waals surface area (Å²) in [5.74, 6) is -0.941. The summed E-state index contributed by atoms with van der Waals surface area (Å²) in [6, 6.07) is 28.4. The minimum absolute atomic E-state index is 0.208. The van der Waals surface area contributed by atoms with Crippen LogP contribution in [0.2, 0.25) is 0 Å². The first kappa shape index (κ1) is 25.0. The average Bonchev–Trinajstić information content (AvgIpc) is 3.19. The van der Waals surface area contributed by atoms with Crippen LogP contribution in [-0.2, 0) is 37.0 Å². The molecule has 7 heteroatoms. The van der Waals surface area contributed by atoms with Crippen molar-refractivity contribution in [2.45, 2.75) is 43.0 Å². The van der Waals surface area contributed by atoms with Crippen LogP contribution in [0, 0.1) is 0 Å². The van der Waals surface area contributed by atoms with Crippen molar-refractivity contribution in [2.75, 3.05) is 6.61 Å².